The van der Waals surface area contributed by atoms with E-state index in [4.69, 9.17) is 15.0 Å². The Kier molecular flexibility index (Phi) is 6.84. The first kappa shape index (κ1) is 27.0. The average molecular weight is 693 g/mol. The van der Waals surface area contributed by atoms with Gasteiger partial charge in [0.1, 0.15) is 0 Å². The van der Waals surface area contributed by atoms with Gasteiger partial charge in [-0.3, -0.25) is 4.98 Å². The molecule has 6 rings (SSSR count). The SMILES string of the molecule is CC(C)(C)c1cc(-c2ccccn2)c2[n-]c3c(-c4cccc(-c5ncc[n-]5)n4)cc(C(C)(C)C)cc3c2c1.[Pt+2]. The summed E-state index contributed by atoms with van der Waals surface area (Å²) in [6.07, 6.45) is 5.23. The number of imidazole rings is 1. The Hall–Kier alpha value is -3.56. The van der Waals surface area contributed by atoms with E-state index in [9.17, 15) is 0 Å². The molecule has 0 spiro atoms. The fraction of sp³-hybridized carbons (Fsp3) is 0.242. The van der Waals surface area contributed by atoms with E-state index >= 15 is 0 Å². The molecule has 0 amide bonds. The van der Waals surface area contributed by atoms with Crippen molar-refractivity contribution < 1.29 is 21.1 Å². The van der Waals surface area contributed by atoms with Crippen molar-refractivity contribution in [3.63, 3.8) is 0 Å². The van der Waals surface area contributed by atoms with Crippen molar-refractivity contribution in [1.29, 1.82) is 0 Å². The van der Waals surface area contributed by atoms with Crippen LogP contribution in [0.15, 0.2) is 79.3 Å². The summed E-state index contributed by atoms with van der Waals surface area (Å²) in [4.78, 5) is 23.7. The first-order chi connectivity index (χ1) is 18.1. The van der Waals surface area contributed by atoms with Crippen LogP contribution in [-0.2, 0) is 31.9 Å². The Morgan fingerprint density at radius 3 is 1.74 bits per heavy atom. The molecule has 0 fully saturated rings. The van der Waals surface area contributed by atoms with Crippen LogP contribution in [0.3, 0.4) is 0 Å². The Morgan fingerprint density at radius 2 is 1.21 bits per heavy atom. The van der Waals surface area contributed by atoms with Crippen LogP contribution in [0.25, 0.3) is 55.8 Å². The Bertz CT molecular complexity index is 1770. The van der Waals surface area contributed by atoms with E-state index in [1.54, 1.807) is 12.4 Å². The molecule has 5 nitrogen and oxygen atoms in total. The van der Waals surface area contributed by atoms with Gasteiger partial charge < -0.3 is 15.0 Å². The Morgan fingerprint density at radius 1 is 0.615 bits per heavy atom. The zero-order valence-corrected chi connectivity index (χ0v) is 25.3. The molecule has 0 bridgehead atoms. The molecular weight excluding hydrogens is 661 g/mol. The number of hydrogen-bond donors (Lipinski definition) is 0. The summed E-state index contributed by atoms with van der Waals surface area (Å²) in [7, 11) is 0. The fourth-order valence-electron chi connectivity index (χ4n) is 4.89. The summed E-state index contributed by atoms with van der Waals surface area (Å²) in [6, 6.07) is 21.2. The average Bonchev–Trinajstić information content (AvgIpc) is 3.56. The van der Waals surface area contributed by atoms with Crippen molar-refractivity contribution in [2.45, 2.75) is 52.4 Å². The third kappa shape index (κ3) is 4.96. The third-order valence-corrected chi connectivity index (χ3v) is 7.12. The molecular formula is C33H31N5Pt. The Labute approximate surface area is 243 Å². The van der Waals surface area contributed by atoms with Gasteiger partial charge in [-0.1, -0.05) is 90.3 Å². The maximum absolute atomic E-state index is 5.30. The third-order valence-electron chi connectivity index (χ3n) is 7.12. The molecule has 0 radical (unpaired) electrons. The van der Waals surface area contributed by atoms with Gasteiger partial charge in [-0.05, 0) is 73.9 Å². The van der Waals surface area contributed by atoms with Gasteiger partial charge in [-0.15, -0.1) is 11.0 Å². The number of rotatable bonds is 3. The molecule has 0 atom stereocenters. The van der Waals surface area contributed by atoms with Gasteiger partial charge >= 0.3 is 21.1 Å². The van der Waals surface area contributed by atoms with Crippen molar-refractivity contribution in [1.82, 2.24) is 24.9 Å². The molecule has 6 heteroatoms. The van der Waals surface area contributed by atoms with Gasteiger partial charge in [0, 0.05) is 6.20 Å². The van der Waals surface area contributed by atoms with Crippen LogP contribution < -0.4 is 9.97 Å². The number of hydrogen-bond acceptors (Lipinski definition) is 3. The molecule has 0 unspecified atom stereocenters. The van der Waals surface area contributed by atoms with Crippen molar-refractivity contribution in [2.75, 3.05) is 0 Å². The molecule has 0 saturated heterocycles. The van der Waals surface area contributed by atoms with Crippen LogP contribution in [0, 0.1) is 0 Å². The predicted molar refractivity (Wildman–Crippen MR) is 155 cm³/mol. The quantitative estimate of drug-likeness (QED) is 0.190. The molecule has 2 aromatic carbocycles. The first-order valence-electron chi connectivity index (χ1n) is 13.0. The number of aromatic nitrogens is 5. The topological polar surface area (TPSA) is 66.9 Å². The van der Waals surface area contributed by atoms with E-state index in [0.717, 1.165) is 50.0 Å². The van der Waals surface area contributed by atoms with Gasteiger partial charge in [-0.25, -0.2) is 4.98 Å². The van der Waals surface area contributed by atoms with Crippen LogP contribution in [0.4, 0.5) is 0 Å². The minimum absolute atomic E-state index is 0. The summed E-state index contributed by atoms with van der Waals surface area (Å²) in [6.45, 7) is 13.5. The van der Waals surface area contributed by atoms with Crippen molar-refractivity contribution in [3.8, 4) is 34.0 Å². The molecule has 0 N–H and O–H groups in total. The maximum Gasteiger partial charge on any atom is 2.00 e. The second-order valence-electron chi connectivity index (χ2n) is 12.0. The summed E-state index contributed by atoms with van der Waals surface area (Å²) < 4.78 is 0. The van der Waals surface area contributed by atoms with Crippen molar-refractivity contribution in [2.24, 2.45) is 0 Å². The first-order valence-corrected chi connectivity index (χ1v) is 13.0. The second kappa shape index (κ2) is 9.88. The second-order valence-corrected chi connectivity index (χ2v) is 12.0. The predicted octanol–water partition coefficient (Wildman–Crippen LogP) is 7.69. The summed E-state index contributed by atoms with van der Waals surface area (Å²) in [5.74, 6) is 0.628. The van der Waals surface area contributed by atoms with E-state index in [0.29, 0.717) is 5.82 Å². The summed E-state index contributed by atoms with van der Waals surface area (Å²) in [5, 5.41) is 2.29. The van der Waals surface area contributed by atoms with Crippen LogP contribution >= 0.6 is 0 Å². The molecule has 0 saturated carbocycles. The molecule has 0 aliphatic carbocycles. The van der Waals surface area contributed by atoms with Gasteiger partial charge in [0.05, 0.1) is 17.1 Å². The van der Waals surface area contributed by atoms with Crippen molar-refractivity contribution in [3.05, 3.63) is 90.4 Å². The number of pyridine rings is 2. The van der Waals surface area contributed by atoms with E-state index in [1.165, 1.54) is 11.1 Å². The minimum atomic E-state index is -0.0512. The van der Waals surface area contributed by atoms with E-state index in [1.807, 2.05) is 36.5 Å². The molecule has 0 aliphatic heterocycles. The Balaban J connectivity index is 0.00000308. The molecule has 198 valence electrons. The fourth-order valence-corrected chi connectivity index (χ4v) is 4.89. The summed E-state index contributed by atoms with van der Waals surface area (Å²) in [5.41, 5.74) is 8.95. The molecule has 6 aromatic rings. The number of nitrogens with zero attached hydrogens (tertiary/aromatic N) is 5. The van der Waals surface area contributed by atoms with Crippen LogP contribution in [0.5, 0.6) is 0 Å². The normalized spacial score (nSPS) is 12.2. The molecule has 0 aliphatic rings. The van der Waals surface area contributed by atoms with Crippen molar-refractivity contribution >= 4 is 21.8 Å². The number of benzene rings is 2. The van der Waals surface area contributed by atoms with E-state index in [2.05, 4.69) is 81.8 Å². The van der Waals surface area contributed by atoms with Gasteiger partial charge in [0.25, 0.3) is 0 Å². The maximum atomic E-state index is 5.30. The summed E-state index contributed by atoms with van der Waals surface area (Å²) >= 11 is 0. The standard InChI is InChI=1S/C33H31N5.Pt/c1-32(2,3)20-16-22-23-17-21(33(4,5)6)19-25(27-11-9-12-28(37-27)31-35-14-15-36-31)30(23)38-29(22)24(18-20)26-10-7-8-13-34-26;/h7-19H,1-6H3;/q-2;+2. The van der Waals surface area contributed by atoms with Gasteiger partial charge in [-0.2, -0.15) is 0 Å². The van der Waals surface area contributed by atoms with Crippen LogP contribution in [0.1, 0.15) is 52.7 Å². The molecule has 4 aromatic heterocycles. The van der Waals surface area contributed by atoms with Gasteiger partial charge in [0.2, 0.25) is 0 Å². The number of fused-ring (bicyclic) bond motifs is 3. The molecule has 39 heavy (non-hydrogen) atoms. The van der Waals surface area contributed by atoms with E-state index < -0.39 is 0 Å². The largest absolute Gasteiger partial charge is 2.00 e. The monoisotopic (exact) mass is 692 g/mol. The van der Waals surface area contributed by atoms with Gasteiger partial charge in [0.15, 0.2) is 0 Å². The van der Waals surface area contributed by atoms with Crippen LogP contribution in [0.2, 0.25) is 0 Å². The molecule has 4 heterocycles. The minimum Gasteiger partial charge on any atom is -0.656 e. The smallest absolute Gasteiger partial charge is 0.656 e. The zero-order chi connectivity index (χ0) is 26.7. The van der Waals surface area contributed by atoms with E-state index in [-0.39, 0.29) is 31.9 Å². The van der Waals surface area contributed by atoms with Crippen LogP contribution in [-0.4, -0.2) is 15.0 Å². The zero-order valence-electron chi connectivity index (χ0n) is 23.1.